The van der Waals surface area contributed by atoms with Gasteiger partial charge in [-0.15, -0.1) is 0 Å². The summed E-state index contributed by atoms with van der Waals surface area (Å²) in [6.45, 7) is 2.22. The maximum Gasteiger partial charge on any atom is 0.315 e. The van der Waals surface area contributed by atoms with Crippen LogP contribution in [0, 0.1) is 5.41 Å². The van der Waals surface area contributed by atoms with Crippen LogP contribution >= 0.6 is 0 Å². The Hall–Kier alpha value is -0.770. The summed E-state index contributed by atoms with van der Waals surface area (Å²) in [6, 6.07) is 0.417. The summed E-state index contributed by atoms with van der Waals surface area (Å²) in [7, 11) is 0. The molecule has 0 aromatic rings. The highest BCUT2D eigenvalue weighted by Gasteiger charge is 2.39. The lowest BCUT2D eigenvalue weighted by molar-refractivity contribution is 0.120. The molecule has 2 unspecified atom stereocenters. The fourth-order valence-corrected chi connectivity index (χ4v) is 3.30. The summed E-state index contributed by atoms with van der Waals surface area (Å²) in [4.78, 5) is 12.0. The van der Waals surface area contributed by atoms with Crippen LogP contribution in [0.5, 0.6) is 0 Å². The average Bonchev–Trinajstić information content (AvgIpc) is 2.73. The highest BCUT2D eigenvalue weighted by Crippen LogP contribution is 2.37. The smallest absolute Gasteiger partial charge is 0.315 e. The van der Waals surface area contributed by atoms with Gasteiger partial charge in [0.25, 0.3) is 0 Å². The second-order valence-electron chi connectivity index (χ2n) is 6.21. The first-order valence-electron chi connectivity index (χ1n) is 7.32. The quantitative estimate of drug-likeness (QED) is 0.723. The van der Waals surface area contributed by atoms with Crippen molar-refractivity contribution in [2.24, 2.45) is 5.41 Å². The Morgan fingerprint density at radius 1 is 1.17 bits per heavy atom. The van der Waals surface area contributed by atoms with Crippen LogP contribution in [0.3, 0.4) is 0 Å². The minimum absolute atomic E-state index is 0.0477. The zero-order valence-corrected chi connectivity index (χ0v) is 11.4. The van der Waals surface area contributed by atoms with E-state index in [9.17, 15) is 9.90 Å². The average molecular weight is 254 g/mol. The molecule has 0 bridgehead atoms. The van der Waals surface area contributed by atoms with Gasteiger partial charge in [-0.05, 0) is 25.7 Å². The molecule has 0 aromatic heterocycles. The fraction of sp³-hybridized carbons (Fsp3) is 0.929. The molecule has 2 saturated carbocycles. The number of rotatable bonds is 3. The molecule has 2 amide bonds. The van der Waals surface area contributed by atoms with Crippen molar-refractivity contribution in [1.82, 2.24) is 10.6 Å². The van der Waals surface area contributed by atoms with Crippen LogP contribution in [-0.2, 0) is 0 Å². The van der Waals surface area contributed by atoms with Crippen molar-refractivity contribution in [3.63, 3.8) is 0 Å². The topological polar surface area (TPSA) is 61.4 Å². The Kier molecular flexibility index (Phi) is 4.49. The molecule has 4 nitrogen and oxygen atoms in total. The van der Waals surface area contributed by atoms with Crippen LogP contribution in [0.15, 0.2) is 0 Å². The van der Waals surface area contributed by atoms with Crippen LogP contribution in [0.4, 0.5) is 4.79 Å². The largest absolute Gasteiger partial charge is 0.396 e. The molecule has 0 heterocycles. The normalized spacial score (nSPS) is 33.3. The van der Waals surface area contributed by atoms with Crippen molar-refractivity contribution in [3.8, 4) is 0 Å². The Labute approximate surface area is 110 Å². The van der Waals surface area contributed by atoms with Crippen molar-refractivity contribution in [2.45, 2.75) is 70.4 Å². The van der Waals surface area contributed by atoms with E-state index in [0.29, 0.717) is 6.04 Å². The predicted molar refractivity (Wildman–Crippen MR) is 71.4 cm³/mol. The molecule has 0 radical (unpaired) electrons. The van der Waals surface area contributed by atoms with Crippen molar-refractivity contribution in [3.05, 3.63) is 0 Å². The van der Waals surface area contributed by atoms with Crippen LogP contribution in [0.25, 0.3) is 0 Å². The molecule has 0 aliphatic heterocycles. The third kappa shape index (κ3) is 3.16. The van der Waals surface area contributed by atoms with Gasteiger partial charge >= 0.3 is 6.03 Å². The van der Waals surface area contributed by atoms with E-state index in [1.165, 1.54) is 19.3 Å². The molecule has 0 saturated heterocycles. The number of amides is 2. The van der Waals surface area contributed by atoms with Gasteiger partial charge in [-0.3, -0.25) is 0 Å². The second kappa shape index (κ2) is 5.91. The van der Waals surface area contributed by atoms with Crippen LogP contribution in [0.2, 0.25) is 0 Å². The van der Waals surface area contributed by atoms with Gasteiger partial charge in [0, 0.05) is 17.5 Å². The molecule has 0 aromatic carbocycles. The highest BCUT2D eigenvalue weighted by atomic mass is 16.3. The van der Waals surface area contributed by atoms with Crippen LogP contribution in [-0.4, -0.2) is 29.8 Å². The van der Waals surface area contributed by atoms with Gasteiger partial charge in [0.1, 0.15) is 0 Å². The standard InChI is InChI=1S/C14H26N2O2/c1-14(10-17)9-5-8-12(14)16-13(18)15-11-6-3-2-4-7-11/h11-12,17H,2-10H2,1H3,(H2,15,16,18). The highest BCUT2D eigenvalue weighted by molar-refractivity contribution is 5.74. The SMILES string of the molecule is CC1(CO)CCCC1NC(=O)NC1CCCCC1. The van der Waals surface area contributed by atoms with E-state index >= 15 is 0 Å². The lowest BCUT2D eigenvalue weighted by Crippen LogP contribution is -2.51. The molecule has 4 heteroatoms. The van der Waals surface area contributed by atoms with E-state index in [-0.39, 0.29) is 24.1 Å². The number of carbonyl (C=O) groups excluding carboxylic acids is 1. The Morgan fingerprint density at radius 2 is 1.89 bits per heavy atom. The maximum absolute atomic E-state index is 12.0. The Balaban J connectivity index is 1.79. The molecule has 2 atom stereocenters. The maximum atomic E-state index is 12.0. The second-order valence-corrected chi connectivity index (χ2v) is 6.21. The van der Waals surface area contributed by atoms with Crippen molar-refractivity contribution in [1.29, 1.82) is 0 Å². The number of aliphatic hydroxyl groups is 1. The molecule has 0 spiro atoms. The van der Waals surface area contributed by atoms with E-state index < -0.39 is 0 Å². The number of carbonyl (C=O) groups is 1. The summed E-state index contributed by atoms with van der Waals surface area (Å²) in [6.07, 6.45) is 9.03. The van der Waals surface area contributed by atoms with Crippen LogP contribution < -0.4 is 10.6 Å². The Bertz CT molecular complexity index is 290. The first-order valence-corrected chi connectivity index (χ1v) is 7.32. The predicted octanol–water partition coefficient (Wildman–Crippen LogP) is 2.17. The molecular formula is C14H26N2O2. The summed E-state index contributed by atoms with van der Waals surface area (Å²) >= 11 is 0. The first-order chi connectivity index (χ1) is 8.64. The number of nitrogens with one attached hydrogen (secondary N) is 2. The third-order valence-electron chi connectivity index (χ3n) is 4.69. The summed E-state index contributed by atoms with van der Waals surface area (Å²) < 4.78 is 0. The van der Waals surface area contributed by atoms with E-state index in [0.717, 1.165) is 32.1 Å². The number of hydrogen-bond donors (Lipinski definition) is 3. The minimum Gasteiger partial charge on any atom is -0.396 e. The van der Waals surface area contributed by atoms with E-state index in [4.69, 9.17) is 0 Å². The molecular weight excluding hydrogens is 228 g/mol. The molecule has 18 heavy (non-hydrogen) atoms. The van der Waals surface area contributed by atoms with Gasteiger partial charge in [0.2, 0.25) is 0 Å². The van der Waals surface area contributed by atoms with Gasteiger partial charge in [-0.25, -0.2) is 4.79 Å². The van der Waals surface area contributed by atoms with E-state index in [1.807, 2.05) is 0 Å². The molecule has 3 N–H and O–H groups in total. The summed E-state index contributed by atoms with van der Waals surface area (Å²) in [5, 5.41) is 15.6. The van der Waals surface area contributed by atoms with Gasteiger partial charge in [0.05, 0.1) is 6.61 Å². The molecule has 104 valence electrons. The van der Waals surface area contributed by atoms with Gasteiger partial charge in [-0.1, -0.05) is 32.6 Å². The molecule has 2 fully saturated rings. The fourth-order valence-electron chi connectivity index (χ4n) is 3.30. The summed E-state index contributed by atoms with van der Waals surface area (Å²) in [5.41, 5.74) is -0.135. The summed E-state index contributed by atoms with van der Waals surface area (Å²) in [5.74, 6) is 0. The lowest BCUT2D eigenvalue weighted by Gasteiger charge is -2.31. The Morgan fingerprint density at radius 3 is 2.56 bits per heavy atom. The lowest BCUT2D eigenvalue weighted by atomic mass is 9.86. The molecule has 2 aliphatic rings. The van der Waals surface area contributed by atoms with Gasteiger partial charge < -0.3 is 15.7 Å². The van der Waals surface area contributed by atoms with Crippen LogP contribution in [0.1, 0.15) is 58.3 Å². The minimum atomic E-state index is -0.135. The van der Waals surface area contributed by atoms with Crippen molar-refractivity contribution >= 4 is 6.03 Å². The first kappa shape index (κ1) is 13.7. The number of urea groups is 1. The van der Waals surface area contributed by atoms with Gasteiger partial charge in [-0.2, -0.15) is 0 Å². The molecule has 2 rings (SSSR count). The van der Waals surface area contributed by atoms with Crippen molar-refractivity contribution in [2.75, 3.05) is 6.61 Å². The third-order valence-corrected chi connectivity index (χ3v) is 4.69. The molecule has 2 aliphatic carbocycles. The van der Waals surface area contributed by atoms with E-state index in [2.05, 4.69) is 17.6 Å². The van der Waals surface area contributed by atoms with Crippen molar-refractivity contribution < 1.29 is 9.90 Å². The number of hydrogen-bond acceptors (Lipinski definition) is 2. The van der Waals surface area contributed by atoms with E-state index in [1.54, 1.807) is 0 Å². The number of aliphatic hydroxyl groups excluding tert-OH is 1. The zero-order valence-electron chi connectivity index (χ0n) is 11.4. The zero-order chi connectivity index (χ0) is 13.0. The van der Waals surface area contributed by atoms with Gasteiger partial charge in [0.15, 0.2) is 0 Å². The monoisotopic (exact) mass is 254 g/mol.